The van der Waals surface area contributed by atoms with E-state index in [4.69, 9.17) is 9.37 Å². The van der Waals surface area contributed by atoms with Crippen molar-refractivity contribution >= 4 is 38.5 Å². The number of benzene rings is 1. The Labute approximate surface area is 154 Å². The Morgan fingerprint density at radius 2 is 2.04 bits per heavy atom. The molecule has 0 unspecified atom stereocenters. The van der Waals surface area contributed by atoms with E-state index in [2.05, 4.69) is 43.0 Å². The summed E-state index contributed by atoms with van der Waals surface area (Å²) in [7, 11) is 1.65. The number of aromatic nitrogens is 3. The van der Waals surface area contributed by atoms with Crippen LogP contribution in [0.3, 0.4) is 0 Å². The van der Waals surface area contributed by atoms with Gasteiger partial charge in [0.25, 0.3) is 5.91 Å². The van der Waals surface area contributed by atoms with Gasteiger partial charge in [-0.1, -0.05) is 39.0 Å². The molecular formula is C18H22N4O3S. The minimum Gasteiger partial charge on any atom is -0.383 e. The van der Waals surface area contributed by atoms with Crippen LogP contribution in [0.1, 0.15) is 27.7 Å². The van der Waals surface area contributed by atoms with Crippen LogP contribution in [0.4, 0.5) is 0 Å². The van der Waals surface area contributed by atoms with Crippen LogP contribution in [0.25, 0.3) is 21.3 Å². The van der Waals surface area contributed by atoms with Gasteiger partial charge >= 0.3 is 0 Å². The first-order valence-electron chi connectivity index (χ1n) is 8.61. The summed E-state index contributed by atoms with van der Waals surface area (Å²) in [6.45, 7) is 9.58. The van der Waals surface area contributed by atoms with Crippen LogP contribution >= 0.6 is 11.3 Å². The van der Waals surface area contributed by atoms with Crippen LogP contribution in [-0.2, 0) is 16.1 Å². The second-order valence-electron chi connectivity index (χ2n) is 7.90. The highest BCUT2D eigenvalue weighted by Crippen LogP contribution is 2.68. The minimum absolute atomic E-state index is 0.0368. The quantitative estimate of drug-likeness (QED) is 0.701. The van der Waals surface area contributed by atoms with Gasteiger partial charge in [-0.05, 0) is 33.3 Å². The fraction of sp³-hybridized carbons (Fsp3) is 0.556. The predicted octanol–water partition coefficient (Wildman–Crippen LogP) is 2.99. The van der Waals surface area contributed by atoms with Crippen LogP contribution in [0, 0.1) is 16.7 Å². The number of rotatable bonds is 4. The van der Waals surface area contributed by atoms with E-state index >= 15 is 0 Å². The molecule has 0 bridgehead atoms. The average Bonchev–Trinajstić information content (AvgIpc) is 2.99. The predicted molar refractivity (Wildman–Crippen MR) is 98.7 cm³/mol. The van der Waals surface area contributed by atoms with E-state index in [-0.39, 0.29) is 22.7 Å². The summed E-state index contributed by atoms with van der Waals surface area (Å²) < 4.78 is 13.1. The smallest absolute Gasteiger partial charge is 0.252 e. The number of carbonyl (C=O) groups excluding carboxylic acids is 1. The fourth-order valence-electron chi connectivity index (χ4n) is 3.86. The number of fused-ring (bicyclic) bond motifs is 3. The zero-order valence-electron chi connectivity index (χ0n) is 15.6. The molecule has 1 aliphatic rings. The molecule has 0 saturated heterocycles. The zero-order chi connectivity index (χ0) is 18.7. The van der Waals surface area contributed by atoms with Crippen LogP contribution in [0.2, 0.25) is 0 Å². The van der Waals surface area contributed by atoms with E-state index in [1.54, 1.807) is 7.11 Å². The van der Waals surface area contributed by atoms with Crippen LogP contribution in [0.15, 0.2) is 21.8 Å². The lowest BCUT2D eigenvalue weighted by atomic mass is 10.0. The molecule has 2 aromatic heterocycles. The SMILES string of the molecule is COCCn1c(=NC(=O)C2C(C)(C)C2(C)C)sc2ccc3nonc3c21. The van der Waals surface area contributed by atoms with Crippen molar-refractivity contribution in [3.8, 4) is 0 Å². The molecule has 138 valence electrons. The zero-order valence-corrected chi connectivity index (χ0v) is 16.4. The highest BCUT2D eigenvalue weighted by molar-refractivity contribution is 7.16. The van der Waals surface area contributed by atoms with Gasteiger partial charge in [-0.2, -0.15) is 4.99 Å². The average molecular weight is 374 g/mol. The summed E-state index contributed by atoms with van der Waals surface area (Å²) in [6, 6.07) is 3.83. The monoisotopic (exact) mass is 374 g/mol. The molecular weight excluding hydrogens is 352 g/mol. The topological polar surface area (TPSA) is 82.5 Å². The van der Waals surface area contributed by atoms with Gasteiger partial charge in [-0.3, -0.25) is 4.79 Å². The Kier molecular flexibility index (Phi) is 3.82. The number of thiazole rings is 1. The first-order chi connectivity index (χ1) is 12.3. The van der Waals surface area contributed by atoms with Crippen molar-refractivity contribution < 1.29 is 14.2 Å². The number of hydrogen-bond donors (Lipinski definition) is 0. The molecule has 4 rings (SSSR count). The maximum atomic E-state index is 12.9. The van der Waals surface area contributed by atoms with Crippen LogP contribution in [-0.4, -0.2) is 34.5 Å². The first kappa shape index (κ1) is 17.4. The summed E-state index contributed by atoms with van der Waals surface area (Å²) in [6.07, 6.45) is 0. The van der Waals surface area contributed by atoms with Crippen molar-refractivity contribution in [1.29, 1.82) is 0 Å². The Balaban J connectivity index is 1.88. The maximum absolute atomic E-state index is 12.9. The third-order valence-electron chi connectivity index (χ3n) is 6.06. The van der Waals surface area contributed by atoms with Crippen molar-refractivity contribution in [2.45, 2.75) is 34.2 Å². The Hall–Kier alpha value is -2.06. The lowest BCUT2D eigenvalue weighted by molar-refractivity contribution is -0.120. The Morgan fingerprint density at radius 3 is 2.69 bits per heavy atom. The molecule has 0 atom stereocenters. The third-order valence-corrected chi connectivity index (χ3v) is 7.10. The van der Waals surface area contributed by atoms with E-state index in [9.17, 15) is 4.79 Å². The molecule has 0 N–H and O–H groups in total. The van der Waals surface area contributed by atoms with Crippen molar-refractivity contribution in [3.05, 3.63) is 16.9 Å². The van der Waals surface area contributed by atoms with Crippen molar-refractivity contribution in [2.24, 2.45) is 21.7 Å². The second-order valence-corrected chi connectivity index (χ2v) is 8.91. The first-order valence-corrected chi connectivity index (χ1v) is 9.43. The van der Waals surface area contributed by atoms with E-state index in [1.165, 1.54) is 11.3 Å². The molecule has 1 fully saturated rings. The largest absolute Gasteiger partial charge is 0.383 e. The van der Waals surface area contributed by atoms with Crippen LogP contribution < -0.4 is 4.80 Å². The van der Waals surface area contributed by atoms with Crippen molar-refractivity contribution in [2.75, 3.05) is 13.7 Å². The number of ether oxygens (including phenoxy) is 1. The summed E-state index contributed by atoms with van der Waals surface area (Å²) in [5.74, 6) is -0.128. The molecule has 3 aromatic rings. The molecule has 1 saturated carbocycles. The molecule has 0 aliphatic heterocycles. The highest BCUT2D eigenvalue weighted by Gasteiger charge is 2.68. The van der Waals surface area contributed by atoms with Gasteiger partial charge in [0.15, 0.2) is 10.3 Å². The maximum Gasteiger partial charge on any atom is 0.252 e. The molecule has 7 nitrogen and oxygen atoms in total. The minimum atomic E-state index is -0.0650. The summed E-state index contributed by atoms with van der Waals surface area (Å²) in [5.41, 5.74) is 2.17. The lowest BCUT2D eigenvalue weighted by Gasteiger charge is -2.04. The Bertz CT molecular complexity index is 1060. The normalized spacial score (nSPS) is 19.5. The lowest BCUT2D eigenvalue weighted by Crippen LogP contribution is -2.20. The van der Waals surface area contributed by atoms with E-state index in [0.717, 1.165) is 10.2 Å². The number of carbonyl (C=O) groups is 1. The fourth-order valence-corrected chi connectivity index (χ4v) is 4.92. The molecule has 2 heterocycles. The molecule has 8 heteroatoms. The number of amides is 1. The number of methoxy groups -OCH3 is 1. The summed E-state index contributed by atoms with van der Waals surface area (Å²) >= 11 is 1.48. The van der Waals surface area contributed by atoms with Crippen LogP contribution in [0.5, 0.6) is 0 Å². The molecule has 26 heavy (non-hydrogen) atoms. The third kappa shape index (κ3) is 2.35. The van der Waals surface area contributed by atoms with Crippen molar-refractivity contribution in [1.82, 2.24) is 14.9 Å². The van der Waals surface area contributed by atoms with Gasteiger partial charge in [0.1, 0.15) is 5.52 Å². The summed E-state index contributed by atoms with van der Waals surface area (Å²) in [4.78, 5) is 18.0. The Morgan fingerprint density at radius 1 is 1.31 bits per heavy atom. The molecule has 1 aromatic carbocycles. The molecule has 1 aliphatic carbocycles. The van der Waals surface area contributed by atoms with E-state index in [0.29, 0.717) is 29.0 Å². The highest BCUT2D eigenvalue weighted by atomic mass is 32.1. The van der Waals surface area contributed by atoms with Gasteiger partial charge in [0.05, 0.1) is 22.7 Å². The molecule has 1 amide bonds. The van der Waals surface area contributed by atoms with Gasteiger partial charge in [0, 0.05) is 13.7 Å². The number of nitrogens with zero attached hydrogens (tertiary/aromatic N) is 4. The molecule has 0 radical (unpaired) electrons. The summed E-state index contributed by atoms with van der Waals surface area (Å²) in [5, 5.41) is 7.95. The van der Waals surface area contributed by atoms with Gasteiger partial charge in [-0.15, -0.1) is 0 Å². The van der Waals surface area contributed by atoms with Gasteiger partial charge < -0.3 is 9.30 Å². The van der Waals surface area contributed by atoms with Crippen molar-refractivity contribution in [3.63, 3.8) is 0 Å². The van der Waals surface area contributed by atoms with Gasteiger partial charge in [-0.25, -0.2) is 4.63 Å². The standard InChI is InChI=1S/C18H22N4O3S/c1-17(2)14(18(17,3)4)15(23)19-16-22(8-9-24-5)13-11(26-16)7-6-10-12(13)21-25-20-10/h6-7,14H,8-9H2,1-5H3. The second kappa shape index (κ2) is 5.72. The number of hydrogen-bond acceptors (Lipinski definition) is 6. The van der Waals surface area contributed by atoms with E-state index in [1.807, 2.05) is 16.7 Å². The van der Waals surface area contributed by atoms with E-state index < -0.39 is 0 Å². The molecule has 0 spiro atoms. The van der Waals surface area contributed by atoms with Gasteiger partial charge in [0.2, 0.25) is 0 Å².